The molecule has 0 saturated carbocycles. The smallest absolute Gasteiger partial charge is 0.253 e. The highest BCUT2D eigenvalue weighted by Gasteiger charge is 2.21. The fourth-order valence-corrected chi connectivity index (χ4v) is 1.88. The summed E-state index contributed by atoms with van der Waals surface area (Å²) in [6.07, 6.45) is 6.25. The van der Waals surface area contributed by atoms with Gasteiger partial charge in [0.05, 0.1) is 24.0 Å². The van der Waals surface area contributed by atoms with Crippen LogP contribution in [0, 0.1) is 0 Å². The fourth-order valence-electron chi connectivity index (χ4n) is 1.88. The molecule has 0 fully saturated rings. The molecule has 1 aliphatic rings. The lowest BCUT2D eigenvalue weighted by Gasteiger charge is -2.05. The van der Waals surface area contributed by atoms with Crippen LogP contribution in [0.3, 0.4) is 0 Å². The molecule has 4 heteroatoms. The van der Waals surface area contributed by atoms with Crippen molar-refractivity contribution >= 4 is 17.6 Å². The largest absolute Gasteiger partial charge is 0.350 e. The van der Waals surface area contributed by atoms with E-state index >= 15 is 0 Å². The average Bonchev–Trinajstić information content (AvgIpc) is 2.62. The molecule has 0 saturated heterocycles. The Bertz CT molecular complexity index is 457. The van der Waals surface area contributed by atoms with Crippen LogP contribution >= 0.6 is 0 Å². The highest BCUT2D eigenvalue weighted by atomic mass is 16.1. The van der Waals surface area contributed by atoms with Gasteiger partial charge in [-0.05, 0) is 6.42 Å². The predicted molar refractivity (Wildman–Crippen MR) is 63.6 cm³/mol. The summed E-state index contributed by atoms with van der Waals surface area (Å²) in [5, 5.41) is 7.13. The van der Waals surface area contributed by atoms with E-state index < -0.39 is 0 Å². The highest BCUT2D eigenvalue weighted by Crippen LogP contribution is 2.22. The second kappa shape index (κ2) is 4.35. The van der Waals surface area contributed by atoms with E-state index in [4.69, 9.17) is 0 Å². The number of aromatic nitrogens is 2. The number of hydrogen-bond donors (Lipinski definition) is 1. The Morgan fingerprint density at radius 3 is 3.19 bits per heavy atom. The summed E-state index contributed by atoms with van der Waals surface area (Å²) in [5.74, 6) is -0.0239. The number of hydrogen-bond acceptors (Lipinski definition) is 2. The molecular weight excluding hydrogens is 202 g/mol. The molecule has 1 aromatic heterocycles. The zero-order valence-corrected chi connectivity index (χ0v) is 9.36. The molecule has 1 N–H and O–H groups in total. The maximum atomic E-state index is 11.9. The van der Waals surface area contributed by atoms with Crippen molar-refractivity contribution in [2.24, 2.45) is 0 Å². The van der Waals surface area contributed by atoms with Gasteiger partial charge in [-0.1, -0.05) is 25.7 Å². The van der Waals surface area contributed by atoms with Gasteiger partial charge in [0, 0.05) is 12.1 Å². The number of nitrogens with zero attached hydrogens (tertiary/aromatic N) is 2. The van der Waals surface area contributed by atoms with Crippen molar-refractivity contribution < 1.29 is 4.79 Å². The van der Waals surface area contributed by atoms with Crippen LogP contribution in [0.2, 0.25) is 0 Å². The summed E-state index contributed by atoms with van der Waals surface area (Å²) < 4.78 is 1.86. The van der Waals surface area contributed by atoms with E-state index in [9.17, 15) is 4.79 Å². The van der Waals surface area contributed by atoms with Gasteiger partial charge in [0.1, 0.15) is 0 Å². The van der Waals surface area contributed by atoms with E-state index in [0.29, 0.717) is 18.7 Å². The minimum Gasteiger partial charge on any atom is -0.350 e. The van der Waals surface area contributed by atoms with Gasteiger partial charge in [0.15, 0.2) is 0 Å². The van der Waals surface area contributed by atoms with Crippen molar-refractivity contribution in [2.75, 3.05) is 6.54 Å². The molecule has 1 amide bonds. The van der Waals surface area contributed by atoms with Gasteiger partial charge in [0.2, 0.25) is 0 Å². The summed E-state index contributed by atoms with van der Waals surface area (Å²) in [6, 6.07) is 0. The van der Waals surface area contributed by atoms with Crippen molar-refractivity contribution in [3.05, 3.63) is 30.1 Å². The Labute approximate surface area is 94.6 Å². The minimum atomic E-state index is -0.0239. The predicted octanol–water partition coefficient (Wildman–Crippen LogP) is 1.45. The van der Waals surface area contributed by atoms with Crippen molar-refractivity contribution in [3.63, 3.8) is 0 Å². The molecule has 4 nitrogen and oxygen atoms in total. The van der Waals surface area contributed by atoms with Gasteiger partial charge < -0.3 is 5.32 Å². The Morgan fingerprint density at radius 2 is 2.50 bits per heavy atom. The summed E-state index contributed by atoms with van der Waals surface area (Å²) in [7, 11) is 0. The third-order valence-electron chi connectivity index (χ3n) is 2.60. The molecule has 0 spiro atoms. The molecular formula is C12H15N3O. The molecule has 16 heavy (non-hydrogen) atoms. The molecule has 0 unspecified atom stereocenters. The first-order chi connectivity index (χ1) is 7.77. The van der Waals surface area contributed by atoms with Gasteiger partial charge in [-0.3, -0.25) is 9.48 Å². The number of nitrogens with one attached hydrogen (secondary N) is 1. The summed E-state index contributed by atoms with van der Waals surface area (Å²) in [5.41, 5.74) is 2.50. The SMILES string of the molecule is C=Cc1cnn2c1/C(=C\CC)C(=O)NCC2. The Morgan fingerprint density at radius 1 is 1.69 bits per heavy atom. The van der Waals surface area contributed by atoms with Crippen molar-refractivity contribution in [1.82, 2.24) is 15.1 Å². The van der Waals surface area contributed by atoms with E-state index in [0.717, 1.165) is 17.7 Å². The lowest BCUT2D eigenvalue weighted by atomic mass is 10.1. The maximum Gasteiger partial charge on any atom is 0.253 e. The lowest BCUT2D eigenvalue weighted by Crippen LogP contribution is -2.24. The number of fused-ring (bicyclic) bond motifs is 1. The summed E-state index contributed by atoms with van der Waals surface area (Å²) in [6.45, 7) is 7.08. The number of amides is 1. The zero-order valence-electron chi connectivity index (χ0n) is 9.36. The normalized spacial score (nSPS) is 17.8. The zero-order chi connectivity index (χ0) is 11.5. The standard InChI is InChI=1S/C12H15N3O/c1-3-5-10-11-9(4-2)8-14-15(11)7-6-13-12(10)16/h4-5,8H,2-3,6-7H2,1H3,(H,13,16)/b10-5+. The van der Waals surface area contributed by atoms with Crippen LogP contribution in [-0.2, 0) is 11.3 Å². The first-order valence-electron chi connectivity index (χ1n) is 5.45. The summed E-state index contributed by atoms with van der Waals surface area (Å²) >= 11 is 0. The summed E-state index contributed by atoms with van der Waals surface area (Å²) in [4.78, 5) is 11.9. The van der Waals surface area contributed by atoms with Crippen molar-refractivity contribution in [1.29, 1.82) is 0 Å². The van der Waals surface area contributed by atoms with Crippen molar-refractivity contribution in [2.45, 2.75) is 19.9 Å². The van der Waals surface area contributed by atoms with Crippen LogP contribution in [0.5, 0.6) is 0 Å². The van der Waals surface area contributed by atoms with Crippen molar-refractivity contribution in [3.8, 4) is 0 Å². The molecule has 0 aliphatic carbocycles. The molecule has 84 valence electrons. The third kappa shape index (κ3) is 1.66. The van der Waals surface area contributed by atoms with Gasteiger partial charge in [-0.15, -0.1) is 0 Å². The fraction of sp³-hybridized carbons (Fsp3) is 0.333. The highest BCUT2D eigenvalue weighted by molar-refractivity contribution is 6.20. The van der Waals surface area contributed by atoms with Crippen LogP contribution in [0.4, 0.5) is 0 Å². The second-order valence-electron chi connectivity index (χ2n) is 3.66. The van der Waals surface area contributed by atoms with E-state index in [2.05, 4.69) is 17.0 Å². The van der Waals surface area contributed by atoms with E-state index in [1.165, 1.54) is 0 Å². The van der Waals surface area contributed by atoms with Crippen LogP contribution < -0.4 is 5.32 Å². The topological polar surface area (TPSA) is 46.9 Å². The van der Waals surface area contributed by atoms with E-state index in [-0.39, 0.29) is 5.91 Å². The first-order valence-corrected chi connectivity index (χ1v) is 5.45. The monoisotopic (exact) mass is 217 g/mol. The molecule has 1 aliphatic heterocycles. The number of rotatable bonds is 2. The Kier molecular flexibility index (Phi) is 2.90. The first kappa shape index (κ1) is 10.7. The van der Waals surface area contributed by atoms with Crippen LogP contribution in [-0.4, -0.2) is 22.2 Å². The number of allylic oxidation sites excluding steroid dienone is 1. The van der Waals surface area contributed by atoms with Crippen LogP contribution in [0.25, 0.3) is 11.6 Å². The molecule has 0 atom stereocenters. The van der Waals surface area contributed by atoms with Gasteiger partial charge in [0.25, 0.3) is 5.91 Å². The lowest BCUT2D eigenvalue weighted by molar-refractivity contribution is -0.115. The quantitative estimate of drug-likeness (QED) is 0.762. The van der Waals surface area contributed by atoms with Gasteiger partial charge in [-0.2, -0.15) is 5.10 Å². The second-order valence-corrected chi connectivity index (χ2v) is 3.66. The minimum absolute atomic E-state index is 0.0239. The van der Waals surface area contributed by atoms with Crippen LogP contribution in [0.15, 0.2) is 18.9 Å². The van der Waals surface area contributed by atoms with Crippen LogP contribution in [0.1, 0.15) is 24.6 Å². The average molecular weight is 217 g/mol. The third-order valence-corrected chi connectivity index (χ3v) is 2.60. The van der Waals surface area contributed by atoms with Gasteiger partial charge >= 0.3 is 0 Å². The number of carbonyl (C=O) groups is 1. The molecule has 0 radical (unpaired) electrons. The molecule has 2 rings (SSSR count). The Hall–Kier alpha value is -1.84. The van der Waals surface area contributed by atoms with Gasteiger partial charge in [-0.25, -0.2) is 0 Å². The molecule has 0 aromatic carbocycles. The maximum absolute atomic E-state index is 11.9. The molecule has 2 heterocycles. The van der Waals surface area contributed by atoms with E-state index in [1.807, 2.05) is 17.7 Å². The van der Waals surface area contributed by atoms with E-state index in [1.54, 1.807) is 12.3 Å². The molecule has 0 bridgehead atoms. The molecule has 1 aromatic rings. The Balaban J connectivity index is 2.59. The number of carbonyl (C=O) groups excluding carboxylic acids is 1.